The van der Waals surface area contributed by atoms with E-state index in [9.17, 15) is 9.59 Å². The SMILES string of the molecule is CC1CCN(c2cc3c(s2)C(=O)C(CCc2ccc(N4CCCN(C)CC4)cc2)C=N3)C1=O. The molecule has 3 aliphatic heterocycles. The van der Waals surface area contributed by atoms with Crippen LogP contribution >= 0.6 is 11.3 Å². The summed E-state index contributed by atoms with van der Waals surface area (Å²) in [5, 5.41) is 0.857. The summed E-state index contributed by atoms with van der Waals surface area (Å²) in [7, 11) is 2.19. The Morgan fingerprint density at radius 2 is 1.88 bits per heavy atom. The third-order valence-electron chi connectivity index (χ3n) is 7.16. The maximum absolute atomic E-state index is 13.1. The molecule has 2 fully saturated rings. The molecule has 2 saturated heterocycles. The molecule has 0 N–H and O–H groups in total. The summed E-state index contributed by atoms with van der Waals surface area (Å²) in [6.07, 6.45) is 5.47. The molecule has 1 aromatic heterocycles. The van der Waals surface area contributed by atoms with Gasteiger partial charge in [0.15, 0.2) is 5.78 Å². The standard InChI is InChI=1S/C26H32N4O2S/c1-18-10-13-30(26(18)32)23-16-22-25(33-23)24(31)20(17-27-22)7-4-19-5-8-21(9-6-19)29-12-3-11-28(2)14-15-29/h5-6,8-9,16-18,20H,3-4,7,10-15H2,1-2H3. The Hall–Kier alpha value is -2.51. The lowest BCUT2D eigenvalue weighted by atomic mass is 9.93. The van der Waals surface area contributed by atoms with Crippen LogP contribution in [0.4, 0.5) is 16.4 Å². The van der Waals surface area contributed by atoms with Gasteiger partial charge in [-0.25, -0.2) is 0 Å². The number of carbonyl (C=O) groups excluding carboxylic acids is 2. The molecule has 3 aliphatic rings. The van der Waals surface area contributed by atoms with Crippen LogP contribution in [0.25, 0.3) is 0 Å². The number of amides is 1. The topological polar surface area (TPSA) is 56.2 Å². The van der Waals surface area contributed by atoms with Gasteiger partial charge in [-0.2, -0.15) is 0 Å². The van der Waals surface area contributed by atoms with E-state index in [1.54, 1.807) is 6.21 Å². The number of aryl methyl sites for hydroxylation is 1. The number of ketones is 1. The molecule has 1 aromatic carbocycles. The summed E-state index contributed by atoms with van der Waals surface area (Å²) in [5.74, 6) is 0.152. The Bertz CT molecular complexity index is 1060. The van der Waals surface area contributed by atoms with Crippen molar-refractivity contribution in [3.63, 3.8) is 0 Å². The predicted octanol–water partition coefficient (Wildman–Crippen LogP) is 4.41. The fourth-order valence-electron chi connectivity index (χ4n) is 4.93. The monoisotopic (exact) mass is 464 g/mol. The second-order valence-corrected chi connectivity index (χ2v) is 10.6. The van der Waals surface area contributed by atoms with Crippen molar-refractivity contribution in [2.45, 2.75) is 32.6 Å². The Labute approximate surface area is 199 Å². The van der Waals surface area contributed by atoms with Gasteiger partial charge in [-0.15, -0.1) is 11.3 Å². The highest BCUT2D eigenvalue weighted by atomic mass is 32.1. The van der Waals surface area contributed by atoms with E-state index in [0.717, 1.165) is 62.7 Å². The molecule has 0 radical (unpaired) electrons. The molecule has 5 rings (SSSR count). The molecule has 6 nitrogen and oxygen atoms in total. The number of anilines is 2. The third kappa shape index (κ3) is 4.62. The molecule has 0 saturated carbocycles. The minimum Gasteiger partial charge on any atom is -0.370 e. The van der Waals surface area contributed by atoms with Gasteiger partial charge in [0, 0.05) is 44.0 Å². The first-order valence-corrected chi connectivity index (χ1v) is 12.9. The molecule has 0 bridgehead atoms. The number of hydrogen-bond donors (Lipinski definition) is 0. The molecule has 2 atom stereocenters. The maximum Gasteiger partial charge on any atom is 0.230 e. The van der Waals surface area contributed by atoms with Crippen LogP contribution in [0, 0.1) is 11.8 Å². The number of benzene rings is 1. The van der Waals surface area contributed by atoms with Crippen molar-refractivity contribution in [3.05, 3.63) is 40.8 Å². The van der Waals surface area contributed by atoms with Crippen LogP contribution < -0.4 is 9.80 Å². The normalized spacial score (nSPS) is 23.8. The zero-order valence-corrected chi connectivity index (χ0v) is 20.3. The van der Waals surface area contributed by atoms with Gasteiger partial charge in [-0.3, -0.25) is 14.6 Å². The molecule has 174 valence electrons. The van der Waals surface area contributed by atoms with E-state index < -0.39 is 0 Å². The van der Waals surface area contributed by atoms with E-state index in [1.807, 2.05) is 17.9 Å². The number of nitrogens with zero attached hydrogens (tertiary/aromatic N) is 4. The summed E-state index contributed by atoms with van der Waals surface area (Å²) >= 11 is 1.42. The van der Waals surface area contributed by atoms with E-state index in [-0.39, 0.29) is 23.5 Å². The molecule has 2 aromatic rings. The maximum atomic E-state index is 13.1. The van der Waals surface area contributed by atoms with E-state index in [1.165, 1.54) is 29.0 Å². The second kappa shape index (κ2) is 9.39. The number of carbonyl (C=O) groups is 2. The molecule has 7 heteroatoms. The lowest BCUT2D eigenvalue weighted by Crippen LogP contribution is -2.28. The average Bonchev–Trinajstić information content (AvgIpc) is 3.32. The zero-order valence-electron chi connectivity index (χ0n) is 19.5. The van der Waals surface area contributed by atoms with Crippen LogP contribution in [-0.2, 0) is 11.2 Å². The van der Waals surface area contributed by atoms with Crippen LogP contribution in [0.5, 0.6) is 0 Å². The average molecular weight is 465 g/mol. The fraction of sp³-hybridized carbons (Fsp3) is 0.500. The summed E-state index contributed by atoms with van der Waals surface area (Å²) in [4.78, 5) is 37.5. The van der Waals surface area contributed by atoms with Gasteiger partial charge in [0.2, 0.25) is 5.91 Å². The largest absolute Gasteiger partial charge is 0.370 e. The summed E-state index contributed by atoms with van der Waals surface area (Å²) < 4.78 is 0. The van der Waals surface area contributed by atoms with Crippen LogP contribution in [-0.4, -0.2) is 62.6 Å². The Morgan fingerprint density at radius 1 is 1.06 bits per heavy atom. The van der Waals surface area contributed by atoms with Gasteiger partial charge in [0.25, 0.3) is 0 Å². The highest BCUT2D eigenvalue weighted by Gasteiger charge is 2.33. The van der Waals surface area contributed by atoms with E-state index in [2.05, 4.69) is 46.1 Å². The van der Waals surface area contributed by atoms with Crippen molar-refractivity contribution < 1.29 is 9.59 Å². The fourth-order valence-corrected chi connectivity index (χ4v) is 6.07. The van der Waals surface area contributed by atoms with E-state index >= 15 is 0 Å². The van der Waals surface area contributed by atoms with Crippen molar-refractivity contribution in [3.8, 4) is 0 Å². The minimum absolute atomic E-state index is 0.0585. The lowest BCUT2D eigenvalue weighted by molar-refractivity contribution is -0.119. The van der Waals surface area contributed by atoms with Gasteiger partial charge in [-0.05, 0) is 63.0 Å². The van der Waals surface area contributed by atoms with E-state index in [0.29, 0.717) is 4.88 Å². The van der Waals surface area contributed by atoms with Gasteiger partial charge < -0.3 is 14.7 Å². The Kier molecular flexibility index (Phi) is 6.34. The first-order chi connectivity index (χ1) is 16.0. The van der Waals surface area contributed by atoms with Crippen LogP contribution in [0.1, 0.15) is 41.4 Å². The van der Waals surface area contributed by atoms with Crippen LogP contribution in [0.2, 0.25) is 0 Å². The van der Waals surface area contributed by atoms with Gasteiger partial charge in [0.05, 0.1) is 16.5 Å². The third-order valence-corrected chi connectivity index (χ3v) is 8.32. The Morgan fingerprint density at radius 3 is 2.64 bits per heavy atom. The van der Waals surface area contributed by atoms with Gasteiger partial charge in [-0.1, -0.05) is 19.1 Å². The van der Waals surface area contributed by atoms with Gasteiger partial charge in [0.1, 0.15) is 5.00 Å². The van der Waals surface area contributed by atoms with Crippen LogP contribution in [0.15, 0.2) is 35.3 Å². The second-order valence-electron chi connectivity index (χ2n) is 9.58. The summed E-state index contributed by atoms with van der Waals surface area (Å²) in [6, 6.07) is 10.7. The highest BCUT2D eigenvalue weighted by molar-refractivity contribution is 7.18. The number of Topliss-reactive ketones (excluding diaryl/α,β-unsaturated/α-hetero) is 1. The van der Waals surface area contributed by atoms with Crippen LogP contribution in [0.3, 0.4) is 0 Å². The van der Waals surface area contributed by atoms with E-state index in [4.69, 9.17) is 0 Å². The molecule has 33 heavy (non-hydrogen) atoms. The molecular formula is C26H32N4O2S. The number of hydrogen-bond acceptors (Lipinski definition) is 6. The first kappa shape index (κ1) is 22.3. The smallest absolute Gasteiger partial charge is 0.230 e. The number of fused-ring (bicyclic) bond motifs is 1. The molecule has 2 unspecified atom stereocenters. The van der Waals surface area contributed by atoms with Crippen molar-refractivity contribution >= 4 is 45.6 Å². The number of likely N-dealkylation sites (N-methyl/N-ethyl adjacent to an activating group) is 1. The quantitative estimate of drug-likeness (QED) is 0.658. The zero-order chi connectivity index (χ0) is 22.9. The van der Waals surface area contributed by atoms with Crippen molar-refractivity contribution in [2.24, 2.45) is 16.8 Å². The number of aliphatic imine (C=N–C) groups is 1. The minimum atomic E-state index is -0.196. The molecular weight excluding hydrogens is 432 g/mol. The van der Waals surface area contributed by atoms with Crippen molar-refractivity contribution in [1.29, 1.82) is 0 Å². The first-order valence-electron chi connectivity index (χ1n) is 12.1. The lowest BCUT2D eigenvalue weighted by Gasteiger charge is -2.23. The molecule has 4 heterocycles. The van der Waals surface area contributed by atoms with Crippen molar-refractivity contribution in [1.82, 2.24) is 4.90 Å². The molecule has 0 spiro atoms. The summed E-state index contributed by atoms with van der Waals surface area (Å²) in [5.41, 5.74) is 3.25. The summed E-state index contributed by atoms with van der Waals surface area (Å²) in [6.45, 7) is 7.12. The highest BCUT2D eigenvalue weighted by Crippen LogP contribution is 2.41. The van der Waals surface area contributed by atoms with Crippen molar-refractivity contribution in [2.75, 3.05) is 49.6 Å². The molecule has 1 amide bonds. The number of thiophene rings is 1. The molecule has 0 aliphatic carbocycles. The Balaban J connectivity index is 1.20. The van der Waals surface area contributed by atoms with Gasteiger partial charge >= 0.3 is 0 Å². The number of rotatable bonds is 5. The predicted molar refractivity (Wildman–Crippen MR) is 136 cm³/mol.